The zero-order chi connectivity index (χ0) is 15.7. The molecule has 0 bridgehead atoms. The van der Waals surface area contributed by atoms with Crippen molar-refractivity contribution in [2.24, 2.45) is 0 Å². The van der Waals surface area contributed by atoms with Crippen molar-refractivity contribution in [3.63, 3.8) is 0 Å². The van der Waals surface area contributed by atoms with E-state index < -0.39 is 18.0 Å². The number of hydrogen-bond acceptors (Lipinski definition) is 1. The summed E-state index contributed by atoms with van der Waals surface area (Å²) in [5.74, 6) is -0.567. The van der Waals surface area contributed by atoms with Crippen LogP contribution in [-0.2, 0) is 0 Å². The van der Waals surface area contributed by atoms with Crippen molar-refractivity contribution in [3.8, 4) is 16.9 Å². The van der Waals surface area contributed by atoms with Crippen LogP contribution in [0, 0.1) is 6.92 Å². The molecule has 6 heteroatoms. The lowest BCUT2D eigenvalue weighted by Gasteiger charge is -2.20. The zero-order valence-corrected chi connectivity index (χ0v) is 10.6. The second kappa shape index (κ2) is 5.35. The molecule has 0 unspecified atom stereocenters. The highest BCUT2D eigenvalue weighted by Crippen LogP contribution is 2.37. The average molecular weight is 301 g/mol. The van der Waals surface area contributed by atoms with E-state index in [2.05, 4.69) is 11.7 Å². The van der Waals surface area contributed by atoms with Crippen molar-refractivity contribution in [2.45, 2.75) is 12.3 Å². The van der Waals surface area contributed by atoms with E-state index in [1.54, 1.807) is 24.3 Å². The van der Waals surface area contributed by atoms with Gasteiger partial charge in [-0.2, -0.15) is 22.0 Å². The Bertz CT molecular complexity index is 617. The normalized spacial score (nSPS) is 12.3. The molecule has 111 valence electrons. The molecule has 0 amide bonds. The molecule has 21 heavy (non-hydrogen) atoms. The van der Waals surface area contributed by atoms with Crippen LogP contribution >= 0.6 is 0 Å². The molecule has 0 saturated heterocycles. The maximum Gasteiger partial charge on any atom is 0.499 e. The van der Waals surface area contributed by atoms with Gasteiger partial charge in [0, 0.05) is 0 Å². The highest BCUT2D eigenvalue weighted by Gasteiger charge is 2.61. The summed E-state index contributed by atoms with van der Waals surface area (Å²) in [7, 11) is 0. The molecule has 0 N–H and O–H groups in total. The quantitative estimate of drug-likeness (QED) is 0.719. The van der Waals surface area contributed by atoms with E-state index >= 15 is 0 Å². The fraction of sp³-hybridized carbons (Fsp3) is 0.133. The fourth-order valence-corrected chi connectivity index (χ4v) is 1.71. The molecule has 0 aliphatic carbocycles. The van der Waals surface area contributed by atoms with Crippen molar-refractivity contribution in [3.05, 3.63) is 61.0 Å². The molecule has 0 fully saturated rings. The molecule has 0 heterocycles. The minimum absolute atomic E-state index is 0.567. The van der Waals surface area contributed by atoms with Gasteiger partial charge in [-0.05, 0) is 35.7 Å². The van der Waals surface area contributed by atoms with Crippen LogP contribution in [-0.4, -0.2) is 12.3 Å². The monoisotopic (exact) mass is 301 g/mol. The second-order valence-corrected chi connectivity index (χ2v) is 4.30. The maximum atomic E-state index is 12.7. The summed E-state index contributed by atoms with van der Waals surface area (Å²) in [6, 6.07) is 12.0. The standard InChI is InChI=1S/C15H10F5O/c1-10-4-2-3-5-13(10)11-6-8-12(9-7-11)21-15(19,20)14(16,17)18/h2-9H,1H2. The van der Waals surface area contributed by atoms with Crippen molar-refractivity contribution < 1.29 is 26.7 Å². The Labute approximate surface area is 118 Å². The second-order valence-electron chi connectivity index (χ2n) is 4.30. The summed E-state index contributed by atoms with van der Waals surface area (Å²) in [5, 5.41) is 0. The molecule has 2 rings (SSSR count). The van der Waals surface area contributed by atoms with Gasteiger partial charge in [0.2, 0.25) is 0 Å². The molecule has 0 saturated carbocycles. The van der Waals surface area contributed by atoms with Crippen LogP contribution in [0.3, 0.4) is 0 Å². The third-order valence-electron chi connectivity index (χ3n) is 2.76. The van der Waals surface area contributed by atoms with Gasteiger partial charge in [-0.15, -0.1) is 0 Å². The Morgan fingerprint density at radius 3 is 1.90 bits per heavy atom. The van der Waals surface area contributed by atoms with Crippen LogP contribution in [0.4, 0.5) is 22.0 Å². The van der Waals surface area contributed by atoms with Gasteiger partial charge >= 0.3 is 12.3 Å². The summed E-state index contributed by atoms with van der Waals surface area (Å²) in [5.41, 5.74) is 2.11. The van der Waals surface area contributed by atoms with Crippen LogP contribution in [0.1, 0.15) is 5.56 Å². The molecule has 0 aliphatic heterocycles. The summed E-state index contributed by atoms with van der Waals surface area (Å²) < 4.78 is 65.3. The Morgan fingerprint density at radius 2 is 1.38 bits per heavy atom. The van der Waals surface area contributed by atoms with Crippen LogP contribution in [0.2, 0.25) is 0 Å². The molecule has 0 aromatic heterocycles. The van der Waals surface area contributed by atoms with Crippen molar-refractivity contribution >= 4 is 0 Å². The van der Waals surface area contributed by atoms with E-state index in [0.29, 0.717) is 11.1 Å². The highest BCUT2D eigenvalue weighted by molar-refractivity contribution is 5.68. The van der Waals surface area contributed by atoms with Gasteiger partial charge in [-0.25, -0.2) is 0 Å². The van der Waals surface area contributed by atoms with E-state index in [1.165, 1.54) is 12.1 Å². The van der Waals surface area contributed by atoms with E-state index in [0.717, 1.165) is 17.7 Å². The predicted molar refractivity (Wildman–Crippen MR) is 68.0 cm³/mol. The number of halogens is 5. The topological polar surface area (TPSA) is 9.23 Å². The van der Waals surface area contributed by atoms with E-state index in [-0.39, 0.29) is 0 Å². The van der Waals surface area contributed by atoms with Crippen LogP contribution in [0.25, 0.3) is 11.1 Å². The van der Waals surface area contributed by atoms with Gasteiger partial charge in [0.1, 0.15) is 5.75 Å². The largest absolute Gasteiger partial charge is 0.499 e. The first-order valence-electron chi connectivity index (χ1n) is 5.86. The lowest BCUT2D eigenvalue weighted by molar-refractivity contribution is -0.360. The minimum Gasteiger partial charge on any atom is -0.426 e. The lowest BCUT2D eigenvalue weighted by atomic mass is 10.0. The highest BCUT2D eigenvalue weighted by atomic mass is 19.4. The van der Waals surface area contributed by atoms with Gasteiger partial charge in [-0.1, -0.05) is 36.4 Å². The molecule has 1 radical (unpaired) electrons. The predicted octanol–water partition coefficient (Wildman–Crippen LogP) is 5.07. The van der Waals surface area contributed by atoms with E-state index in [4.69, 9.17) is 0 Å². The molecule has 0 spiro atoms. The van der Waals surface area contributed by atoms with Gasteiger partial charge in [-0.3, -0.25) is 0 Å². The van der Waals surface area contributed by atoms with Crippen LogP contribution < -0.4 is 4.74 Å². The van der Waals surface area contributed by atoms with E-state index in [1.807, 2.05) is 0 Å². The van der Waals surface area contributed by atoms with Crippen LogP contribution in [0.5, 0.6) is 5.75 Å². The molecule has 1 nitrogen and oxygen atoms in total. The number of alkyl halides is 5. The number of benzene rings is 2. The van der Waals surface area contributed by atoms with Crippen LogP contribution in [0.15, 0.2) is 48.5 Å². The number of ether oxygens (including phenoxy) is 1. The van der Waals surface area contributed by atoms with Crippen molar-refractivity contribution in [1.82, 2.24) is 0 Å². The molecule has 2 aromatic carbocycles. The lowest BCUT2D eigenvalue weighted by Crippen LogP contribution is -2.41. The van der Waals surface area contributed by atoms with E-state index in [9.17, 15) is 22.0 Å². The molecule has 2 aromatic rings. The molecule has 0 atom stereocenters. The van der Waals surface area contributed by atoms with Gasteiger partial charge in [0.05, 0.1) is 0 Å². The first-order valence-corrected chi connectivity index (χ1v) is 5.86. The first kappa shape index (κ1) is 15.3. The van der Waals surface area contributed by atoms with Crippen molar-refractivity contribution in [1.29, 1.82) is 0 Å². The number of hydrogen-bond donors (Lipinski definition) is 0. The smallest absolute Gasteiger partial charge is 0.426 e. The Balaban J connectivity index is 2.23. The first-order chi connectivity index (χ1) is 9.71. The zero-order valence-electron chi connectivity index (χ0n) is 10.6. The summed E-state index contributed by atoms with van der Waals surface area (Å²) in [4.78, 5) is 0. The SMILES string of the molecule is [CH2]c1ccccc1-c1ccc(OC(F)(F)C(F)(F)F)cc1. The Hall–Kier alpha value is -2.11. The maximum absolute atomic E-state index is 12.7. The number of rotatable bonds is 3. The average Bonchev–Trinajstić information content (AvgIpc) is 2.39. The minimum atomic E-state index is -5.76. The summed E-state index contributed by atoms with van der Waals surface area (Å²) in [6.45, 7) is 3.81. The van der Waals surface area contributed by atoms with Gasteiger partial charge < -0.3 is 4.74 Å². The Morgan fingerprint density at radius 1 is 0.810 bits per heavy atom. The summed E-state index contributed by atoms with van der Waals surface area (Å²) >= 11 is 0. The van der Waals surface area contributed by atoms with Gasteiger partial charge in [0.25, 0.3) is 0 Å². The fourth-order valence-electron chi connectivity index (χ4n) is 1.71. The molecular formula is C15H10F5O. The third kappa shape index (κ3) is 3.32. The summed E-state index contributed by atoms with van der Waals surface area (Å²) in [6.07, 6.45) is -11.0. The van der Waals surface area contributed by atoms with Crippen molar-refractivity contribution in [2.75, 3.05) is 0 Å². The Kier molecular flexibility index (Phi) is 3.89. The van der Waals surface area contributed by atoms with Gasteiger partial charge in [0.15, 0.2) is 0 Å². The third-order valence-corrected chi connectivity index (χ3v) is 2.76. The molecular weight excluding hydrogens is 291 g/mol. The molecule has 0 aliphatic rings.